The molecule has 4 aliphatic heterocycles. The highest BCUT2D eigenvalue weighted by atomic mass is 35.7. The molecular weight excluding hydrogens is 814 g/mol. The third-order valence-electron chi connectivity index (χ3n) is 12.1. The number of nitrogens with zero attached hydrogens (tertiary/aromatic N) is 6. The Kier molecular flexibility index (Phi) is 10.0. The van der Waals surface area contributed by atoms with E-state index in [1.807, 2.05) is 30.6 Å². The minimum Gasteiger partial charge on any atom is -0.489 e. The Hall–Kier alpha value is -5.30. The van der Waals surface area contributed by atoms with Gasteiger partial charge in [-0.2, -0.15) is 9.97 Å². The molecular formula is C44H43ClF2N6O6S. The van der Waals surface area contributed by atoms with Crippen molar-refractivity contribution < 1.29 is 36.2 Å². The Labute approximate surface area is 351 Å². The summed E-state index contributed by atoms with van der Waals surface area (Å²) < 4.78 is 74.8. The predicted octanol–water partition coefficient (Wildman–Crippen LogP) is 7.68. The Morgan fingerprint density at radius 3 is 2.55 bits per heavy atom. The monoisotopic (exact) mass is 856 g/mol. The van der Waals surface area contributed by atoms with Crippen LogP contribution < -0.4 is 14.4 Å². The summed E-state index contributed by atoms with van der Waals surface area (Å²) in [6, 6.07) is 13.8. The van der Waals surface area contributed by atoms with Gasteiger partial charge in [-0.05, 0) is 76.6 Å². The molecule has 4 saturated heterocycles. The van der Waals surface area contributed by atoms with Crippen molar-refractivity contribution in [1.82, 2.24) is 24.8 Å². The largest absolute Gasteiger partial charge is 0.489 e. The fourth-order valence-corrected chi connectivity index (χ4v) is 10.3. The molecule has 0 N–H and O–H groups in total. The SMILES string of the molecule is C#Cc1c(F)ccc2cccc(-c3ncc4c(N5C[C@H]6CC[C@@H](C5)N6C(=O)OC(C)(C)C)nc(OC[C@]56CCCN5C[C@@H](Oc5cccc(S(=O)(=O)Cl)c5)C6)nc4c3F)c12. The van der Waals surface area contributed by atoms with E-state index in [0.717, 1.165) is 32.2 Å². The molecule has 9 rings (SSSR count). The van der Waals surface area contributed by atoms with Gasteiger partial charge in [0.15, 0.2) is 5.82 Å². The number of fused-ring (bicyclic) bond motifs is 5. The van der Waals surface area contributed by atoms with Crippen LogP contribution in [-0.4, -0.2) is 101 Å². The van der Waals surface area contributed by atoms with E-state index in [1.54, 1.807) is 36.4 Å². The highest BCUT2D eigenvalue weighted by molar-refractivity contribution is 8.13. The first kappa shape index (κ1) is 40.1. The number of hydrogen-bond acceptors (Lipinski definition) is 11. The van der Waals surface area contributed by atoms with Crippen LogP contribution in [0.1, 0.15) is 58.4 Å². The summed E-state index contributed by atoms with van der Waals surface area (Å²) in [4.78, 5) is 33.7. The number of amides is 1. The number of anilines is 1. The summed E-state index contributed by atoms with van der Waals surface area (Å²) in [5, 5.41) is 1.35. The van der Waals surface area contributed by atoms with Crippen molar-refractivity contribution in [2.24, 2.45) is 0 Å². The number of piperazine rings is 1. The number of rotatable bonds is 8. The lowest BCUT2D eigenvalue weighted by Gasteiger charge is -2.42. The molecule has 0 saturated carbocycles. The minimum absolute atomic E-state index is 0.00568. The van der Waals surface area contributed by atoms with E-state index in [4.69, 9.17) is 41.3 Å². The predicted molar refractivity (Wildman–Crippen MR) is 223 cm³/mol. The lowest BCUT2D eigenvalue weighted by atomic mass is 9.94. The zero-order valence-electron chi connectivity index (χ0n) is 33.3. The summed E-state index contributed by atoms with van der Waals surface area (Å²) in [5.74, 6) is 1.90. The third-order valence-corrected chi connectivity index (χ3v) is 13.4. The maximum atomic E-state index is 17.2. The Balaban J connectivity index is 1.07. The number of hydrogen-bond donors (Lipinski definition) is 0. The van der Waals surface area contributed by atoms with Gasteiger partial charge in [0.05, 0.1) is 33.5 Å². The van der Waals surface area contributed by atoms with Gasteiger partial charge in [-0.3, -0.25) is 14.8 Å². The van der Waals surface area contributed by atoms with Crippen molar-refractivity contribution in [3.8, 4) is 35.4 Å². The fraction of sp³-hybridized carbons (Fsp3) is 0.409. The molecule has 2 bridgehead atoms. The average Bonchev–Trinajstić information content (AvgIpc) is 3.83. The van der Waals surface area contributed by atoms with Crippen LogP contribution in [0, 0.1) is 24.0 Å². The number of aromatic nitrogens is 3. The van der Waals surface area contributed by atoms with Crippen molar-refractivity contribution >= 4 is 53.3 Å². The lowest BCUT2D eigenvalue weighted by molar-refractivity contribution is 0.0122. The van der Waals surface area contributed by atoms with Gasteiger partial charge < -0.3 is 19.1 Å². The maximum absolute atomic E-state index is 17.2. The van der Waals surface area contributed by atoms with Crippen molar-refractivity contribution in [3.63, 3.8) is 0 Å². The molecule has 312 valence electrons. The van der Waals surface area contributed by atoms with Crippen LogP contribution in [0.25, 0.3) is 32.9 Å². The number of benzene rings is 3. The van der Waals surface area contributed by atoms with Crippen LogP contribution >= 0.6 is 10.7 Å². The molecule has 0 radical (unpaired) electrons. The summed E-state index contributed by atoms with van der Waals surface area (Å²) in [7, 11) is 1.66. The normalized spacial score (nSPS) is 22.9. The van der Waals surface area contributed by atoms with Gasteiger partial charge in [-0.25, -0.2) is 22.0 Å². The molecule has 60 heavy (non-hydrogen) atoms. The molecule has 2 aromatic heterocycles. The second-order valence-electron chi connectivity index (χ2n) is 17.1. The molecule has 12 nitrogen and oxygen atoms in total. The zero-order chi connectivity index (χ0) is 42.1. The maximum Gasteiger partial charge on any atom is 0.410 e. The number of pyridine rings is 1. The molecule has 4 fully saturated rings. The lowest BCUT2D eigenvalue weighted by Crippen LogP contribution is -2.57. The van der Waals surface area contributed by atoms with Crippen molar-refractivity contribution in [2.45, 2.75) is 87.1 Å². The van der Waals surface area contributed by atoms with Gasteiger partial charge >= 0.3 is 12.1 Å². The van der Waals surface area contributed by atoms with Crippen LogP contribution in [0.3, 0.4) is 0 Å². The summed E-state index contributed by atoms with van der Waals surface area (Å²) in [5.41, 5.74) is -0.858. The van der Waals surface area contributed by atoms with E-state index in [-0.39, 0.29) is 58.6 Å². The van der Waals surface area contributed by atoms with Crippen molar-refractivity contribution in [2.75, 3.05) is 37.7 Å². The fourth-order valence-electron chi connectivity index (χ4n) is 9.53. The van der Waals surface area contributed by atoms with Crippen molar-refractivity contribution in [1.29, 1.82) is 0 Å². The number of carbonyl (C=O) groups is 1. The molecule has 0 spiro atoms. The summed E-state index contributed by atoms with van der Waals surface area (Å²) in [6.07, 6.45) is 10.5. The minimum atomic E-state index is -3.94. The van der Waals surface area contributed by atoms with Gasteiger partial charge in [0.1, 0.15) is 46.9 Å². The van der Waals surface area contributed by atoms with Gasteiger partial charge in [0, 0.05) is 60.0 Å². The summed E-state index contributed by atoms with van der Waals surface area (Å²) >= 11 is 0. The van der Waals surface area contributed by atoms with Crippen LogP contribution in [0.2, 0.25) is 0 Å². The second kappa shape index (κ2) is 15.0. The van der Waals surface area contributed by atoms with Crippen LogP contribution in [0.15, 0.2) is 65.7 Å². The number of halogens is 3. The smallest absolute Gasteiger partial charge is 0.410 e. The molecule has 3 aromatic carbocycles. The number of terminal acetylenes is 1. The van der Waals surface area contributed by atoms with E-state index < -0.39 is 31.8 Å². The van der Waals surface area contributed by atoms with Crippen LogP contribution in [0.4, 0.5) is 19.4 Å². The van der Waals surface area contributed by atoms with Gasteiger partial charge in [0.2, 0.25) is 0 Å². The molecule has 16 heteroatoms. The topological polar surface area (TPSA) is 127 Å². The molecule has 6 heterocycles. The van der Waals surface area contributed by atoms with E-state index in [0.29, 0.717) is 59.3 Å². The van der Waals surface area contributed by atoms with Gasteiger partial charge in [-0.1, -0.05) is 36.3 Å². The zero-order valence-corrected chi connectivity index (χ0v) is 34.9. The first-order valence-electron chi connectivity index (χ1n) is 20.0. The number of ether oxygens (including phenoxy) is 3. The molecule has 4 aliphatic rings. The number of carbonyl (C=O) groups excluding carboxylic acids is 1. The average molecular weight is 857 g/mol. The van der Waals surface area contributed by atoms with Gasteiger partial charge in [-0.15, -0.1) is 6.42 Å². The Morgan fingerprint density at radius 1 is 1.05 bits per heavy atom. The van der Waals surface area contributed by atoms with Crippen LogP contribution in [0.5, 0.6) is 11.8 Å². The molecule has 0 unspecified atom stereocenters. The Bertz CT molecular complexity index is 2700. The quantitative estimate of drug-likeness (QED) is 0.113. The standard InChI is InChI=1S/C44H43ClF2N6O6S/c1-5-32-35(46)16-13-26-9-6-12-33(36(26)32)38-37(47)39-34(21-48-38)40(51-22-27-14-15-28(23-51)53(27)42(54)59-43(2,3)4)50-41(49-39)57-25-44-17-8-18-52(44)24-30(20-44)58-29-10-7-11-31(19-29)60(45,55)56/h1,6-7,9-13,16,19,21,27-28,30H,8,14-15,17-18,20,22-25H2,2-4H3/t27-,28+,30-,44+/m0/s1. The molecule has 4 atom stereocenters. The highest BCUT2D eigenvalue weighted by Gasteiger charge is 2.50. The van der Waals surface area contributed by atoms with E-state index >= 15 is 8.78 Å². The van der Waals surface area contributed by atoms with Gasteiger partial charge in [0.25, 0.3) is 9.05 Å². The van der Waals surface area contributed by atoms with E-state index in [1.165, 1.54) is 24.4 Å². The van der Waals surface area contributed by atoms with Crippen LogP contribution in [-0.2, 0) is 13.8 Å². The molecule has 5 aromatic rings. The Morgan fingerprint density at radius 2 is 1.82 bits per heavy atom. The second-order valence-corrected chi connectivity index (χ2v) is 19.6. The third kappa shape index (κ3) is 7.32. The van der Waals surface area contributed by atoms with E-state index in [9.17, 15) is 13.2 Å². The first-order chi connectivity index (χ1) is 28.6. The molecule has 0 aliphatic carbocycles. The van der Waals surface area contributed by atoms with Crippen molar-refractivity contribution in [3.05, 3.63) is 78.0 Å². The van der Waals surface area contributed by atoms with E-state index in [2.05, 4.69) is 15.8 Å². The highest BCUT2D eigenvalue weighted by Crippen LogP contribution is 2.43. The molecule has 1 amide bonds. The summed E-state index contributed by atoms with van der Waals surface area (Å²) in [6.45, 7) is 7.94. The first-order valence-corrected chi connectivity index (χ1v) is 22.3.